The van der Waals surface area contributed by atoms with Crippen molar-refractivity contribution in [3.63, 3.8) is 0 Å². The number of alkyl halides is 3. The molecule has 0 aromatic heterocycles. The fraction of sp³-hybridized carbons (Fsp3) is 0.0500. The minimum atomic E-state index is -4.43. The van der Waals surface area contributed by atoms with Gasteiger partial charge < -0.3 is 4.74 Å². The topological polar surface area (TPSA) is 21.6 Å². The molecule has 3 aromatic rings. The highest BCUT2D eigenvalue weighted by atomic mass is 19.4. The van der Waals surface area contributed by atoms with Crippen molar-refractivity contribution in [3.05, 3.63) is 89.7 Å². The molecule has 0 heterocycles. The summed E-state index contributed by atoms with van der Waals surface area (Å²) in [6.45, 7) is 0. The van der Waals surface area contributed by atoms with E-state index in [9.17, 15) is 17.6 Å². The molecular formula is C20H13F4NO. The monoisotopic (exact) mass is 359 g/mol. The number of ether oxygens (including phenoxy) is 1. The average molecular weight is 359 g/mol. The summed E-state index contributed by atoms with van der Waals surface area (Å²) in [7, 11) is 0. The van der Waals surface area contributed by atoms with Crippen molar-refractivity contribution < 1.29 is 22.3 Å². The highest BCUT2D eigenvalue weighted by Crippen LogP contribution is 2.32. The van der Waals surface area contributed by atoms with Gasteiger partial charge in [0, 0.05) is 6.21 Å². The number of hydrogen-bond donors (Lipinski definition) is 0. The molecule has 26 heavy (non-hydrogen) atoms. The second kappa shape index (κ2) is 7.39. The Hall–Kier alpha value is -3.15. The SMILES string of the molecule is Fc1cccc(N=Cc2cccc(Oc3cccc(C(F)(F)F)c3)c2)c1. The molecule has 132 valence electrons. The van der Waals surface area contributed by atoms with E-state index in [1.54, 1.807) is 36.4 Å². The molecule has 3 aromatic carbocycles. The van der Waals surface area contributed by atoms with Crippen molar-refractivity contribution in [2.45, 2.75) is 6.18 Å². The summed E-state index contributed by atoms with van der Waals surface area (Å²) in [6, 6.07) is 17.2. The zero-order valence-electron chi connectivity index (χ0n) is 13.4. The number of halogens is 4. The number of hydrogen-bond acceptors (Lipinski definition) is 2. The van der Waals surface area contributed by atoms with Gasteiger partial charge >= 0.3 is 6.18 Å². The summed E-state index contributed by atoms with van der Waals surface area (Å²) in [6.07, 6.45) is -2.91. The van der Waals surface area contributed by atoms with Crippen molar-refractivity contribution in [1.82, 2.24) is 0 Å². The molecule has 0 fully saturated rings. The molecule has 0 saturated heterocycles. The van der Waals surface area contributed by atoms with Crippen LogP contribution >= 0.6 is 0 Å². The van der Waals surface area contributed by atoms with Gasteiger partial charge in [0.05, 0.1) is 11.3 Å². The van der Waals surface area contributed by atoms with E-state index in [0.29, 0.717) is 17.0 Å². The van der Waals surface area contributed by atoms with E-state index in [2.05, 4.69) is 4.99 Å². The lowest BCUT2D eigenvalue weighted by Crippen LogP contribution is -2.04. The average Bonchev–Trinajstić information content (AvgIpc) is 2.60. The van der Waals surface area contributed by atoms with Crippen LogP contribution in [0.25, 0.3) is 0 Å². The Labute approximate surface area is 147 Å². The van der Waals surface area contributed by atoms with Gasteiger partial charge in [-0.25, -0.2) is 4.39 Å². The summed E-state index contributed by atoms with van der Waals surface area (Å²) >= 11 is 0. The first-order chi connectivity index (χ1) is 12.4. The second-order valence-corrected chi connectivity index (χ2v) is 5.44. The molecular weight excluding hydrogens is 346 g/mol. The molecule has 0 bridgehead atoms. The Morgan fingerprint density at radius 3 is 2.23 bits per heavy atom. The predicted molar refractivity (Wildman–Crippen MR) is 91.6 cm³/mol. The van der Waals surface area contributed by atoms with Crippen LogP contribution in [0.2, 0.25) is 0 Å². The Morgan fingerprint density at radius 2 is 1.50 bits per heavy atom. The normalized spacial score (nSPS) is 11.7. The molecule has 0 aliphatic rings. The molecule has 0 aliphatic carbocycles. The fourth-order valence-corrected chi connectivity index (χ4v) is 2.24. The molecule has 0 unspecified atom stereocenters. The lowest BCUT2D eigenvalue weighted by molar-refractivity contribution is -0.137. The first kappa shape index (κ1) is 17.7. The van der Waals surface area contributed by atoms with Crippen LogP contribution in [0, 0.1) is 5.82 Å². The van der Waals surface area contributed by atoms with Crippen molar-refractivity contribution in [1.29, 1.82) is 0 Å². The van der Waals surface area contributed by atoms with Gasteiger partial charge in [-0.1, -0.05) is 24.3 Å². The summed E-state index contributed by atoms with van der Waals surface area (Å²) < 4.78 is 56.9. The minimum absolute atomic E-state index is 0.0824. The van der Waals surface area contributed by atoms with E-state index < -0.39 is 11.7 Å². The Balaban J connectivity index is 1.78. The van der Waals surface area contributed by atoms with Crippen LogP contribution in [0.1, 0.15) is 11.1 Å². The van der Waals surface area contributed by atoms with Gasteiger partial charge in [0.15, 0.2) is 0 Å². The molecule has 3 rings (SSSR count). The molecule has 0 spiro atoms. The lowest BCUT2D eigenvalue weighted by Gasteiger charge is -2.10. The third-order valence-corrected chi connectivity index (χ3v) is 3.43. The molecule has 0 radical (unpaired) electrons. The van der Waals surface area contributed by atoms with Crippen LogP contribution in [-0.2, 0) is 6.18 Å². The summed E-state index contributed by atoms with van der Waals surface area (Å²) in [5.74, 6) is 0.0628. The van der Waals surface area contributed by atoms with Crippen molar-refractivity contribution in [2.75, 3.05) is 0 Å². The molecule has 0 saturated carbocycles. The van der Waals surface area contributed by atoms with Gasteiger partial charge in [-0.05, 0) is 54.1 Å². The summed E-state index contributed by atoms with van der Waals surface area (Å²) in [5, 5.41) is 0. The second-order valence-electron chi connectivity index (χ2n) is 5.44. The third-order valence-electron chi connectivity index (χ3n) is 3.43. The molecule has 0 atom stereocenters. The number of rotatable bonds is 4. The summed E-state index contributed by atoms with van der Waals surface area (Å²) in [4.78, 5) is 4.16. The third kappa shape index (κ3) is 4.69. The number of benzene rings is 3. The van der Waals surface area contributed by atoms with E-state index in [1.165, 1.54) is 30.5 Å². The van der Waals surface area contributed by atoms with Crippen LogP contribution in [-0.4, -0.2) is 6.21 Å². The van der Waals surface area contributed by atoms with Crippen LogP contribution in [0.4, 0.5) is 23.2 Å². The van der Waals surface area contributed by atoms with Crippen molar-refractivity contribution in [2.24, 2.45) is 4.99 Å². The lowest BCUT2D eigenvalue weighted by atomic mass is 10.2. The van der Waals surface area contributed by atoms with Gasteiger partial charge in [-0.15, -0.1) is 0 Å². The van der Waals surface area contributed by atoms with Crippen molar-refractivity contribution >= 4 is 11.9 Å². The Morgan fingerprint density at radius 1 is 0.808 bits per heavy atom. The fourth-order valence-electron chi connectivity index (χ4n) is 2.24. The molecule has 0 N–H and O–H groups in total. The van der Waals surface area contributed by atoms with E-state index in [1.807, 2.05) is 0 Å². The first-order valence-corrected chi connectivity index (χ1v) is 7.65. The quantitative estimate of drug-likeness (QED) is 0.391. The van der Waals surface area contributed by atoms with Gasteiger partial charge in [-0.2, -0.15) is 13.2 Å². The van der Waals surface area contributed by atoms with Gasteiger partial charge in [-0.3, -0.25) is 4.99 Å². The van der Waals surface area contributed by atoms with Crippen LogP contribution in [0.15, 0.2) is 77.8 Å². The Bertz CT molecular complexity index is 935. The molecule has 2 nitrogen and oxygen atoms in total. The van der Waals surface area contributed by atoms with Gasteiger partial charge in [0.25, 0.3) is 0 Å². The van der Waals surface area contributed by atoms with Gasteiger partial charge in [0.1, 0.15) is 17.3 Å². The van der Waals surface area contributed by atoms with Crippen LogP contribution in [0.3, 0.4) is 0 Å². The smallest absolute Gasteiger partial charge is 0.416 e. The first-order valence-electron chi connectivity index (χ1n) is 7.65. The van der Waals surface area contributed by atoms with E-state index in [-0.39, 0.29) is 11.6 Å². The van der Waals surface area contributed by atoms with Gasteiger partial charge in [0.2, 0.25) is 0 Å². The zero-order valence-corrected chi connectivity index (χ0v) is 13.4. The molecule has 0 aliphatic heterocycles. The van der Waals surface area contributed by atoms with Crippen molar-refractivity contribution in [3.8, 4) is 11.5 Å². The molecule has 0 amide bonds. The minimum Gasteiger partial charge on any atom is -0.457 e. The number of aliphatic imine (C=N–C) groups is 1. The molecule has 6 heteroatoms. The highest BCUT2D eigenvalue weighted by molar-refractivity contribution is 5.82. The predicted octanol–water partition coefficient (Wildman–Crippen LogP) is 6.39. The van der Waals surface area contributed by atoms with Crippen LogP contribution < -0.4 is 4.74 Å². The van der Waals surface area contributed by atoms with Crippen LogP contribution in [0.5, 0.6) is 11.5 Å². The summed E-state index contributed by atoms with van der Waals surface area (Å²) in [5.41, 5.74) is 0.340. The maximum Gasteiger partial charge on any atom is 0.416 e. The number of nitrogens with zero attached hydrogens (tertiary/aromatic N) is 1. The standard InChI is InChI=1S/C20H13F4NO/c21-16-6-3-7-17(12-16)25-13-14-4-1-8-18(10-14)26-19-9-2-5-15(11-19)20(22,23)24/h1-13H. The van der Waals surface area contributed by atoms with E-state index in [4.69, 9.17) is 4.74 Å². The zero-order chi connectivity index (χ0) is 18.6. The maximum atomic E-state index is 13.1. The maximum absolute atomic E-state index is 13.1. The highest BCUT2D eigenvalue weighted by Gasteiger charge is 2.30. The van der Waals surface area contributed by atoms with E-state index >= 15 is 0 Å². The largest absolute Gasteiger partial charge is 0.457 e. The van der Waals surface area contributed by atoms with E-state index in [0.717, 1.165) is 12.1 Å². The Kier molecular flexibility index (Phi) is 5.02.